The molecule has 0 aliphatic carbocycles. The summed E-state index contributed by atoms with van der Waals surface area (Å²) in [6, 6.07) is 4.46. The Kier molecular flexibility index (Phi) is 3.75. The van der Waals surface area contributed by atoms with Gasteiger partial charge in [0.15, 0.2) is 5.17 Å². The summed E-state index contributed by atoms with van der Waals surface area (Å²) in [7, 11) is 0. The molecule has 1 aliphatic rings. The van der Waals surface area contributed by atoms with E-state index in [1.165, 1.54) is 30.1 Å². The second kappa shape index (κ2) is 5.47. The Bertz CT molecular complexity index is 589. The predicted octanol–water partition coefficient (Wildman–Crippen LogP) is 1.36. The van der Waals surface area contributed by atoms with Crippen LogP contribution in [-0.2, 0) is 4.79 Å². The first-order chi connectivity index (χ1) is 8.70. The number of nitrogens with zero attached hydrogens (tertiary/aromatic N) is 2. The smallest absolute Gasteiger partial charge is 0.236 e. The Morgan fingerprint density at radius 3 is 3.06 bits per heavy atom. The third-order valence-corrected chi connectivity index (χ3v) is 2.99. The maximum atomic E-state index is 13.3. The quantitative estimate of drug-likeness (QED) is 0.496. The van der Waals surface area contributed by atoms with Crippen LogP contribution in [-0.4, -0.2) is 23.0 Å². The van der Waals surface area contributed by atoms with Crippen molar-refractivity contribution in [3.05, 3.63) is 35.1 Å². The normalized spacial score (nSPS) is 17.1. The molecule has 0 radical (unpaired) electrons. The lowest BCUT2D eigenvalue weighted by Crippen LogP contribution is -2.19. The van der Waals surface area contributed by atoms with E-state index in [-0.39, 0.29) is 11.5 Å². The molecule has 1 aromatic rings. The highest BCUT2D eigenvalue weighted by molar-refractivity contribution is 8.15. The second-order valence-corrected chi connectivity index (χ2v) is 4.30. The minimum atomic E-state index is -0.474. The van der Waals surface area contributed by atoms with E-state index in [0.717, 1.165) is 0 Å². The van der Waals surface area contributed by atoms with E-state index >= 15 is 0 Å². The Morgan fingerprint density at radius 2 is 2.39 bits per heavy atom. The molecule has 1 heterocycles. The molecule has 0 bridgehead atoms. The molecule has 4 nitrogen and oxygen atoms in total. The number of halogens is 1. The molecule has 18 heavy (non-hydrogen) atoms. The maximum Gasteiger partial charge on any atom is 0.236 e. The summed E-state index contributed by atoms with van der Waals surface area (Å²) in [6.07, 6.45) is 6.57. The first kappa shape index (κ1) is 12.3. The summed E-state index contributed by atoms with van der Waals surface area (Å²) >= 11 is 1.26. The standard InChI is InChI=1S/C12H8FN3OS/c1-2-9-8(4-3-5-10(9)13)6-14-16-12-15-11(17)7-18-12/h1,3-6H,7H2,(H,15,16,17). The largest absolute Gasteiger partial charge is 0.303 e. The van der Waals surface area contributed by atoms with Crippen LogP contribution in [0.2, 0.25) is 0 Å². The number of amidine groups is 1. The molecule has 0 spiro atoms. The van der Waals surface area contributed by atoms with Crippen molar-refractivity contribution in [2.24, 2.45) is 10.2 Å². The van der Waals surface area contributed by atoms with Gasteiger partial charge in [-0.15, -0.1) is 11.5 Å². The van der Waals surface area contributed by atoms with Gasteiger partial charge in [0.2, 0.25) is 5.91 Å². The fourth-order valence-corrected chi connectivity index (χ4v) is 1.95. The second-order valence-electron chi connectivity index (χ2n) is 3.33. The lowest BCUT2D eigenvalue weighted by Gasteiger charge is -1.98. The Hall–Kier alpha value is -2.13. The van der Waals surface area contributed by atoms with Crippen LogP contribution in [0.15, 0.2) is 28.4 Å². The van der Waals surface area contributed by atoms with E-state index in [0.29, 0.717) is 16.5 Å². The molecule has 1 aliphatic heterocycles. The summed E-state index contributed by atoms with van der Waals surface area (Å²) in [5.74, 6) is 2.02. The number of terminal acetylenes is 1. The highest BCUT2D eigenvalue weighted by atomic mass is 32.2. The Morgan fingerprint density at radius 1 is 1.56 bits per heavy atom. The van der Waals surface area contributed by atoms with Gasteiger partial charge < -0.3 is 5.32 Å². The molecule has 0 aromatic heterocycles. The number of rotatable bonds is 2. The molecule has 2 rings (SSSR count). The van der Waals surface area contributed by atoms with Crippen molar-refractivity contribution in [2.75, 3.05) is 5.75 Å². The van der Waals surface area contributed by atoms with Gasteiger partial charge in [-0.2, -0.15) is 5.10 Å². The monoisotopic (exact) mass is 261 g/mol. The first-order valence-electron chi connectivity index (χ1n) is 4.99. The minimum absolute atomic E-state index is 0.107. The SMILES string of the molecule is C#Cc1c(F)cccc1C=NN=C1NC(=O)CS1. The molecule has 1 N–H and O–H groups in total. The summed E-state index contributed by atoms with van der Waals surface area (Å²) in [5.41, 5.74) is 0.612. The van der Waals surface area contributed by atoms with E-state index in [1.807, 2.05) is 0 Å². The average molecular weight is 261 g/mol. The molecule has 90 valence electrons. The van der Waals surface area contributed by atoms with Gasteiger partial charge in [0.1, 0.15) is 5.82 Å². The van der Waals surface area contributed by atoms with Crippen molar-refractivity contribution >= 4 is 29.1 Å². The van der Waals surface area contributed by atoms with Gasteiger partial charge in [-0.1, -0.05) is 29.8 Å². The van der Waals surface area contributed by atoms with Crippen LogP contribution in [0.3, 0.4) is 0 Å². The molecule has 0 saturated carbocycles. The Labute approximate surface area is 107 Å². The molecule has 0 atom stereocenters. The van der Waals surface area contributed by atoms with Gasteiger partial charge in [-0.05, 0) is 6.07 Å². The van der Waals surface area contributed by atoms with Gasteiger partial charge in [0, 0.05) is 5.56 Å². The van der Waals surface area contributed by atoms with Gasteiger partial charge in [-0.3, -0.25) is 4.79 Å². The van der Waals surface area contributed by atoms with E-state index in [9.17, 15) is 9.18 Å². The number of benzene rings is 1. The maximum absolute atomic E-state index is 13.3. The van der Waals surface area contributed by atoms with Crippen LogP contribution in [0.25, 0.3) is 0 Å². The van der Waals surface area contributed by atoms with E-state index in [2.05, 4.69) is 21.4 Å². The van der Waals surface area contributed by atoms with Crippen molar-refractivity contribution < 1.29 is 9.18 Å². The molecule has 1 amide bonds. The van der Waals surface area contributed by atoms with Crippen molar-refractivity contribution in [3.63, 3.8) is 0 Å². The van der Waals surface area contributed by atoms with Gasteiger partial charge in [0.25, 0.3) is 0 Å². The predicted molar refractivity (Wildman–Crippen MR) is 70.0 cm³/mol. The average Bonchev–Trinajstić information content (AvgIpc) is 2.75. The number of thioether (sulfide) groups is 1. The highest BCUT2D eigenvalue weighted by Crippen LogP contribution is 2.11. The van der Waals surface area contributed by atoms with Crippen LogP contribution in [0.5, 0.6) is 0 Å². The van der Waals surface area contributed by atoms with Crippen molar-refractivity contribution in [1.29, 1.82) is 0 Å². The fraction of sp³-hybridized carbons (Fsp3) is 0.0833. The van der Waals surface area contributed by atoms with Crippen LogP contribution >= 0.6 is 11.8 Å². The van der Waals surface area contributed by atoms with Gasteiger partial charge >= 0.3 is 0 Å². The van der Waals surface area contributed by atoms with Crippen LogP contribution in [0.4, 0.5) is 4.39 Å². The number of carbonyl (C=O) groups excluding carboxylic acids is 1. The van der Waals surface area contributed by atoms with E-state index in [4.69, 9.17) is 6.42 Å². The molecule has 6 heteroatoms. The van der Waals surface area contributed by atoms with E-state index in [1.54, 1.807) is 6.07 Å². The zero-order chi connectivity index (χ0) is 13.0. The lowest BCUT2D eigenvalue weighted by molar-refractivity contribution is -0.116. The number of nitrogens with one attached hydrogen (secondary N) is 1. The van der Waals surface area contributed by atoms with Crippen LogP contribution < -0.4 is 5.32 Å². The lowest BCUT2D eigenvalue weighted by atomic mass is 10.1. The van der Waals surface area contributed by atoms with Gasteiger partial charge in [0.05, 0.1) is 17.5 Å². The molecule has 0 unspecified atom stereocenters. The zero-order valence-electron chi connectivity index (χ0n) is 9.18. The third-order valence-electron chi connectivity index (χ3n) is 2.12. The fourth-order valence-electron chi connectivity index (χ4n) is 1.32. The minimum Gasteiger partial charge on any atom is -0.303 e. The van der Waals surface area contributed by atoms with Crippen molar-refractivity contribution in [1.82, 2.24) is 5.32 Å². The van der Waals surface area contributed by atoms with E-state index < -0.39 is 5.82 Å². The van der Waals surface area contributed by atoms with Crippen LogP contribution in [0.1, 0.15) is 11.1 Å². The molecule has 1 aromatic carbocycles. The van der Waals surface area contributed by atoms with Gasteiger partial charge in [-0.25, -0.2) is 4.39 Å². The summed E-state index contributed by atoms with van der Waals surface area (Å²) in [4.78, 5) is 10.9. The molecule has 1 fully saturated rings. The van der Waals surface area contributed by atoms with Crippen LogP contribution in [0, 0.1) is 18.2 Å². The highest BCUT2D eigenvalue weighted by Gasteiger charge is 2.15. The zero-order valence-corrected chi connectivity index (χ0v) is 10.00. The number of carbonyl (C=O) groups is 1. The number of amides is 1. The molecule has 1 saturated heterocycles. The molecular weight excluding hydrogens is 253 g/mol. The third kappa shape index (κ3) is 2.76. The van der Waals surface area contributed by atoms with Crippen molar-refractivity contribution in [2.45, 2.75) is 0 Å². The summed E-state index contributed by atoms with van der Waals surface area (Å²) < 4.78 is 13.3. The molecular formula is C12H8FN3OS. The number of hydrogen-bond acceptors (Lipinski definition) is 4. The topological polar surface area (TPSA) is 53.8 Å². The number of hydrogen-bond donors (Lipinski definition) is 1. The first-order valence-corrected chi connectivity index (χ1v) is 5.98. The summed E-state index contributed by atoms with van der Waals surface area (Å²) in [5, 5.41) is 10.5. The Balaban J connectivity index is 2.17. The van der Waals surface area contributed by atoms with Crippen molar-refractivity contribution in [3.8, 4) is 12.3 Å². The summed E-state index contributed by atoms with van der Waals surface area (Å²) in [6.45, 7) is 0.